The van der Waals surface area contributed by atoms with E-state index in [2.05, 4.69) is 20.9 Å². The quantitative estimate of drug-likeness (QED) is 0.160. The summed E-state index contributed by atoms with van der Waals surface area (Å²) < 4.78 is 0. The molecule has 12 nitrogen and oxygen atoms in total. The summed E-state index contributed by atoms with van der Waals surface area (Å²) in [6, 6.07) is 3.17. The van der Waals surface area contributed by atoms with Crippen molar-refractivity contribution >= 4 is 52.3 Å². The van der Waals surface area contributed by atoms with E-state index in [1.54, 1.807) is 6.20 Å². The average Bonchev–Trinajstić information content (AvgIpc) is 3.26. The van der Waals surface area contributed by atoms with Crippen LogP contribution in [0.5, 0.6) is 0 Å². The molecule has 2 aromatic rings. The number of carbonyl (C=O) groups is 5. The van der Waals surface area contributed by atoms with E-state index in [-0.39, 0.29) is 25.7 Å². The molecule has 0 saturated heterocycles. The molecule has 4 unspecified atom stereocenters. The van der Waals surface area contributed by atoms with E-state index in [0.717, 1.165) is 16.5 Å². The van der Waals surface area contributed by atoms with Crippen LogP contribution in [-0.4, -0.2) is 75.9 Å². The molecule has 9 N–H and O–H groups in total. The molecular formula is C24H34N6O6S. The molecule has 0 radical (unpaired) electrons. The molecule has 202 valence electrons. The third-order valence-corrected chi connectivity index (χ3v) is 6.39. The van der Waals surface area contributed by atoms with Gasteiger partial charge in [0.2, 0.25) is 23.6 Å². The SMILES string of the molecule is CSCCC(NC(=O)C(C)NC(=O)C(CCC(N)=O)NC(=O)C(N)Cc1c[nH]c2ccccc12)C(=O)O. The number of H-pyrrole nitrogens is 1. The maximum Gasteiger partial charge on any atom is 0.326 e. The number of thioether (sulfide) groups is 1. The summed E-state index contributed by atoms with van der Waals surface area (Å²) in [5.41, 5.74) is 13.0. The summed E-state index contributed by atoms with van der Waals surface area (Å²) >= 11 is 1.44. The summed E-state index contributed by atoms with van der Waals surface area (Å²) in [5, 5.41) is 17.6. The summed E-state index contributed by atoms with van der Waals surface area (Å²) in [4.78, 5) is 64.0. The number of nitrogens with one attached hydrogen (secondary N) is 4. The van der Waals surface area contributed by atoms with Crippen LogP contribution in [-0.2, 0) is 30.4 Å². The van der Waals surface area contributed by atoms with Crippen LogP contribution in [0.25, 0.3) is 10.9 Å². The first-order chi connectivity index (χ1) is 17.5. The molecule has 0 aliphatic heterocycles. The standard InChI is InChI=1S/C24H34N6O6S/c1-13(21(32)30-19(24(35)36)9-10-37-2)28-23(34)18(7-8-20(26)31)29-22(33)16(25)11-14-12-27-17-6-4-3-5-15(14)17/h3-6,12-13,16,18-19,27H,7-11,25H2,1-2H3,(H2,26,31)(H,28,34)(H,29,33)(H,30,32)(H,35,36). The van der Waals surface area contributed by atoms with E-state index in [1.807, 2.05) is 30.5 Å². The Hall–Kier alpha value is -3.58. The zero-order valence-corrected chi connectivity index (χ0v) is 21.6. The molecule has 1 heterocycles. The first-order valence-corrected chi connectivity index (χ1v) is 13.1. The highest BCUT2D eigenvalue weighted by Crippen LogP contribution is 2.18. The molecule has 0 spiro atoms. The Morgan fingerprint density at radius 2 is 1.68 bits per heavy atom. The van der Waals surface area contributed by atoms with Gasteiger partial charge in [0.25, 0.3) is 0 Å². The summed E-state index contributed by atoms with van der Waals surface area (Å²) in [6.45, 7) is 1.39. The van der Waals surface area contributed by atoms with Crippen LogP contribution in [0, 0.1) is 0 Å². The number of aliphatic carboxylic acids is 1. The number of benzene rings is 1. The van der Waals surface area contributed by atoms with Crippen molar-refractivity contribution in [2.24, 2.45) is 11.5 Å². The largest absolute Gasteiger partial charge is 0.480 e. The van der Waals surface area contributed by atoms with E-state index in [4.69, 9.17) is 11.5 Å². The molecule has 0 fully saturated rings. The predicted octanol–water partition coefficient (Wildman–Crippen LogP) is -0.385. The maximum atomic E-state index is 12.9. The summed E-state index contributed by atoms with van der Waals surface area (Å²) in [5.74, 6) is -3.37. The second-order valence-electron chi connectivity index (χ2n) is 8.65. The molecule has 4 amide bonds. The van der Waals surface area contributed by atoms with Gasteiger partial charge in [-0.15, -0.1) is 0 Å². The van der Waals surface area contributed by atoms with Gasteiger partial charge in [-0.05, 0) is 49.8 Å². The number of primary amides is 1. The van der Waals surface area contributed by atoms with Crippen molar-refractivity contribution in [2.45, 2.75) is 56.8 Å². The molecule has 1 aromatic heterocycles. The minimum atomic E-state index is -1.18. The van der Waals surface area contributed by atoms with E-state index in [9.17, 15) is 29.1 Å². The van der Waals surface area contributed by atoms with Gasteiger partial charge in [-0.2, -0.15) is 11.8 Å². The summed E-state index contributed by atoms with van der Waals surface area (Å²) in [6.07, 6.45) is 3.70. The zero-order chi connectivity index (χ0) is 27.5. The lowest BCUT2D eigenvalue weighted by molar-refractivity contribution is -0.142. The highest BCUT2D eigenvalue weighted by Gasteiger charge is 2.28. The lowest BCUT2D eigenvalue weighted by Crippen LogP contribution is -2.56. The van der Waals surface area contributed by atoms with Crippen LogP contribution in [0.1, 0.15) is 31.7 Å². The number of carboxylic acids is 1. The average molecular weight is 535 g/mol. The summed E-state index contributed by atoms with van der Waals surface area (Å²) in [7, 11) is 0. The Bertz CT molecular complexity index is 1120. The normalized spacial score (nSPS) is 14.2. The topological polar surface area (TPSA) is 209 Å². The number of para-hydroxylation sites is 1. The van der Waals surface area contributed by atoms with Crippen molar-refractivity contribution in [3.63, 3.8) is 0 Å². The lowest BCUT2D eigenvalue weighted by atomic mass is 10.0. The van der Waals surface area contributed by atoms with Gasteiger partial charge in [-0.3, -0.25) is 19.2 Å². The highest BCUT2D eigenvalue weighted by atomic mass is 32.2. The number of fused-ring (bicyclic) bond motifs is 1. The first kappa shape index (κ1) is 29.6. The third kappa shape index (κ3) is 9.10. The van der Waals surface area contributed by atoms with Gasteiger partial charge >= 0.3 is 5.97 Å². The number of hydrogen-bond acceptors (Lipinski definition) is 7. The number of carboxylic acid groups (broad SMARTS) is 1. The van der Waals surface area contributed by atoms with Crippen molar-refractivity contribution in [1.82, 2.24) is 20.9 Å². The fourth-order valence-electron chi connectivity index (χ4n) is 3.63. The Kier molecular flexibility index (Phi) is 11.4. The number of nitrogens with two attached hydrogens (primary N) is 2. The number of rotatable bonds is 15. The highest BCUT2D eigenvalue weighted by molar-refractivity contribution is 7.98. The van der Waals surface area contributed by atoms with Crippen LogP contribution in [0.2, 0.25) is 0 Å². The van der Waals surface area contributed by atoms with Crippen LogP contribution < -0.4 is 27.4 Å². The van der Waals surface area contributed by atoms with Crippen molar-refractivity contribution in [3.05, 3.63) is 36.0 Å². The molecule has 0 saturated carbocycles. The molecule has 1 aromatic carbocycles. The minimum Gasteiger partial charge on any atom is -0.480 e. The van der Waals surface area contributed by atoms with Gasteiger partial charge < -0.3 is 37.5 Å². The molecule has 0 aliphatic rings. The van der Waals surface area contributed by atoms with Gasteiger partial charge in [0.05, 0.1) is 6.04 Å². The van der Waals surface area contributed by atoms with Crippen molar-refractivity contribution in [1.29, 1.82) is 0 Å². The number of carbonyl (C=O) groups excluding carboxylic acids is 4. The Morgan fingerprint density at radius 3 is 2.32 bits per heavy atom. The maximum absolute atomic E-state index is 12.9. The number of aromatic nitrogens is 1. The van der Waals surface area contributed by atoms with Crippen LogP contribution in [0.3, 0.4) is 0 Å². The number of hydrogen-bond donors (Lipinski definition) is 7. The zero-order valence-electron chi connectivity index (χ0n) is 20.8. The predicted molar refractivity (Wildman–Crippen MR) is 141 cm³/mol. The Balaban J connectivity index is 2.03. The van der Waals surface area contributed by atoms with E-state index in [1.165, 1.54) is 18.7 Å². The monoisotopic (exact) mass is 534 g/mol. The molecule has 2 rings (SSSR count). The van der Waals surface area contributed by atoms with E-state index in [0.29, 0.717) is 5.75 Å². The Morgan fingerprint density at radius 1 is 1.00 bits per heavy atom. The smallest absolute Gasteiger partial charge is 0.326 e. The first-order valence-electron chi connectivity index (χ1n) is 11.7. The fraction of sp³-hybridized carbons (Fsp3) is 0.458. The van der Waals surface area contributed by atoms with Gasteiger partial charge in [0, 0.05) is 23.5 Å². The molecule has 4 atom stereocenters. The lowest BCUT2D eigenvalue weighted by Gasteiger charge is -2.23. The number of amides is 4. The van der Waals surface area contributed by atoms with Gasteiger partial charge in [-0.1, -0.05) is 18.2 Å². The molecule has 0 aliphatic carbocycles. The van der Waals surface area contributed by atoms with Gasteiger partial charge in [0.15, 0.2) is 0 Å². The Labute approximate surface area is 218 Å². The second kappa shape index (κ2) is 14.2. The molecular weight excluding hydrogens is 500 g/mol. The molecule has 13 heteroatoms. The number of aromatic amines is 1. The van der Waals surface area contributed by atoms with Crippen LogP contribution in [0.15, 0.2) is 30.5 Å². The third-order valence-electron chi connectivity index (χ3n) is 5.74. The van der Waals surface area contributed by atoms with Gasteiger partial charge in [-0.25, -0.2) is 4.79 Å². The van der Waals surface area contributed by atoms with E-state index < -0.39 is 53.8 Å². The van der Waals surface area contributed by atoms with Crippen molar-refractivity contribution in [3.8, 4) is 0 Å². The van der Waals surface area contributed by atoms with E-state index >= 15 is 0 Å². The molecule has 37 heavy (non-hydrogen) atoms. The minimum absolute atomic E-state index is 0.105. The van der Waals surface area contributed by atoms with Crippen molar-refractivity contribution < 1.29 is 29.1 Å². The van der Waals surface area contributed by atoms with Gasteiger partial charge in [0.1, 0.15) is 18.1 Å². The van der Waals surface area contributed by atoms with Crippen molar-refractivity contribution in [2.75, 3.05) is 12.0 Å². The van der Waals surface area contributed by atoms with Crippen LogP contribution >= 0.6 is 11.8 Å². The molecule has 0 bridgehead atoms. The second-order valence-corrected chi connectivity index (χ2v) is 9.63. The fourth-order valence-corrected chi connectivity index (χ4v) is 4.11. The van der Waals surface area contributed by atoms with Crippen LogP contribution in [0.4, 0.5) is 0 Å².